The van der Waals surface area contributed by atoms with Crippen LogP contribution in [0, 0.1) is 0 Å². The highest BCUT2D eigenvalue weighted by atomic mass is 32.2. The van der Waals surface area contributed by atoms with E-state index in [0.29, 0.717) is 6.42 Å². The second-order valence-corrected chi connectivity index (χ2v) is 5.12. The third-order valence-electron chi connectivity index (χ3n) is 2.77. The second-order valence-electron chi connectivity index (χ2n) is 3.89. The van der Waals surface area contributed by atoms with Crippen LogP contribution in [0.1, 0.15) is 6.42 Å². The Kier molecular flexibility index (Phi) is 4.29. The van der Waals surface area contributed by atoms with E-state index in [9.17, 15) is 4.79 Å². The molecule has 86 valence electrons. The maximum absolute atomic E-state index is 11.9. The number of rotatable bonds is 2. The molecule has 2 rings (SSSR count). The van der Waals surface area contributed by atoms with Crippen molar-refractivity contribution in [1.29, 1.82) is 0 Å². The number of hydrogen-bond acceptors (Lipinski definition) is 4. The van der Waals surface area contributed by atoms with E-state index in [4.69, 9.17) is 4.74 Å². The Morgan fingerprint density at radius 1 is 1.47 bits per heavy atom. The zero-order chi connectivity index (χ0) is 10.5. The molecule has 2 aliphatic heterocycles. The Bertz CT molecular complexity index is 213. The molecule has 2 aliphatic rings. The zero-order valence-corrected chi connectivity index (χ0v) is 9.72. The van der Waals surface area contributed by atoms with Crippen LogP contribution in [-0.2, 0) is 9.53 Å². The first-order chi connectivity index (χ1) is 7.36. The molecule has 0 radical (unpaired) electrons. The third kappa shape index (κ3) is 3.36. The van der Waals surface area contributed by atoms with Gasteiger partial charge in [0.1, 0.15) is 0 Å². The van der Waals surface area contributed by atoms with Crippen LogP contribution in [0.5, 0.6) is 0 Å². The van der Waals surface area contributed by atoms with Crippen LogP contribution in [0.15, 0.2) is 0 Å². The zero-order valence-electron chi connectivity index (χ0n) is 8.91. The molecular formula is C10H18N2O2S. The Morgan fingerprint density at radius 2 is 2.27 bits per heavy atom. The van der Waals surface area contributed by atoms with Gasteiger partial charge in [-0.05, 0) is 0 Å². The summed E-state index contributed by atoms with van der Waals surface area (Å²) in [5.74, 6) is 2.41. The number of nitrogens with zero attached hydrogens (tertiary/aromatic N) is 1. The van der Waals surface area contributed by atoms with E-state index in [0.717, 1.165) is 44.3 Å². The summed E-state index contributed by atoms with van der Waals surface area (Å²) in [6.45, 7) is 4.26. The predicted octanol–water partition coefficient (Wildman–Crippen LogP) is -0.0597. The summed E-state index contributed by atoms with van der Waals surface area (Å²) in [5.41, 5.74) is 0. The molecule has 0 aromatic rings. The van der Waals surface area contributed by atoms with Crippen LogP contribution in [0.25, 0.3) is 0 Å². The number of hydrogen-bond donors (Lipinski definition) is 1. The van der Waals surface area contributed by atoms with Crippen molar-refractivity contribution in [2.75, 3.05) is 44.3 Å². The Morgan fingerprint density at radius 3 is 2.93 bits per heavy atom. The quantitative estimate of drug-likeness (QED) is 0.721. The predicted molar refractivity (Wildman–Crippen MR) is 61.1 cm³/mol. The van der Waals surface area contributed by atoms with Gasteiger partial charge >= 0.3 is 0 Å². The number of thioether (sulfide) groups is 1. The minimum absolute atomic E-state index is 0.0841. The molecule has 1 amide bonds. The molecular weight excluding hydrogens is 212 g/mol. The minimum atomic E-state index is 0.0841. The van der Waals surface area contributed by atoms with Gasteiger partial charge in [0.05, 0.1) is 19.1 Å². The number of morpholine rings is 1. The van der Waals surface area contributed by atoms with Crippen LogP contribution in [0.4, 0.5) is 0 Å². The topological polar surface area (TPSA) is 41.6 Å². The summed E-state index contributed by atoms with van der Waals surface area (Å²) >= 11 is 1.92. The summed E-state index contributed by atoms with van der Waals surface area (Å²) in [5, 5.41) is 3.24. The molecule has 1 N–H and O–H groups in total. The lowest BCUT2D eigenvalue weighted by Crippen LogP contribution is -2.44. The van der Waals surface area contributed by atoms with Crippen LogP contribution in [0.3, 0.4) is 0 Å². The van der Waals surface area contributed by atoms with E-state index in [1.165, 1.54) is 0 Å². The fourth-order valence-corrected chi connectivity index (χ4v) is 2.79. The van der Waals surface area contributed by atoms with E-state index in [1.807, 2.05) is 16.7 Å². The molecule has 0 aromatic carbocycles. The summed E-state index contributed by atoms with van der Waals surface area (Å²) in [6, 6.07) is 0. The Hall–Kier alpha value is -0.260. The van der Waals surface area contributed by atoms with Gasteiger partial charge in [0.2, 0.25) is 5.91 Å². The van der Waals surface area contributed by atoms with E-state index in [-0.39, 0.29) is 12.0 Å². The molecule has 5 heteroatoms. The van der Waals surface area contributed by atoms with Gasteiger partial charge < -0.3 is 15.0 Å². The molecule has 2 saturated heterocycles. The monoisotopic (exact) mass is 230 g/mol. The number of carbonyl (C=O) groups is 1. The first kappa shape index (κ1) is 11.2. The van der Waals surface area contributed by atoms with Crippen LogP contribution < -0.4 is 5.32 Å². The van der Waals surface area contributed by atoms with Crippen molar-refractivity contribution in [3.8, 4) is 0 Å². The summed E-state index contributed by atoms with van der Waals surface area (Å²) in [4.78, 5) is 13.8. The summed E-state index contributed by atoms with van der Waals surface area (Å²) in [7, 11) is 0. The van der Waals surface area contributed by atoms with Gasteiger partial charge in [-0.25, -0.2) is 0 Å². The number of amides is 1. The lowest BCUT2D eigenvalue weighted by atomic mass is 10.2. The molecule has 0 bridgehead atoms. The van der Waals surface area contributed by atoms with Gasteiger partial charge in [0.15, 0.2) is 0 Å². The van der Waals surface area contributed by atoms with Crippen molar-refractivity contribution in [2.24, 2.45) is 0 Å². The highest BCUT2D eigenvalue weighted by Gasteiger charge is 2.22. The van der Waals surface area contributed by atoms with Crippen LogP contribution in [0.2, 0.25) is 0 Å². The molecule has 2 heterocycles. The van der Waals surface area contributed by atoms with Gasteiger partial charge in [-0.3, -0.25) is 4.79 Å². The third-order valence-corrected chi connectivity index (χ3v) is 3.71. The fourth-order valence-electron chi connectivity index (χ4n) is 1.89. The minimum Gasteiger partial charge on any atom is -0.375 e. The lowest BCUT2D eigenvalue weighted by Gasteiger charge is -2.29. The standard InChI is InChI=1S/C10H18N2O2S/c13-10(12-2-5-15-6-3-12)7-9-8-11-1-4-14-9/h9,11H,1-8H2. The first-order valence-corrected chi connectivity index (χ1v) is 6.69. The molecule has 4 nitrogen and oxygen atoms in total. The SMILES string of the molecule is O=C(CC1CNCCO1)N1CCSCC1. The van der Waals surface area contributed by atoms with Crippen molar-refractivity contribution < 1.29 is 9.53 Å². The van der Waals surface area contributed by atoms with Gasteiger partial charge in [-0.1, -0.05) is 0 Å². The average Bonchev–Trinajstić information content (AvgIpc) is 2.31. The largest absolute Gasteiger partial charge is 0.375 e. The van der Waals surface area contributed by atoms with Crippen molar-refractivity contribution in [3.05, 3.63) is 0 Å². The second kappa shape index (κ2) is 5.72. The highest BCUT2D eigenvalue weighted by Crippen LogP contribution is 2.12. The summed E-state index contributed by atoms with van der Waals surface area (Å²) < 4.78 is 5.52. The molecule has 1 atom stereocenters. The maximum atomic E-state index is 11.9. The first-order valence-electron chi connectivity index (χ1n) is 5.54. The lowest BCUT2D eigenvalue weighted by molar-refractivity contribution is -0.134. The van der Waals surface area contributed by atoms with Gasteiger partial charge in [0.25, 0.3) is 0 Å². The van der Waals surface area contributed by atoms with Gasteiger partial charge in [0, 0.05) is 37.7 Å². The van der Waals surface area contributed by atoms with E-state index in [2.05, 4.69) is 5.32 Å². The van der Waals surface area contributed by atoms with Crippen LogP contribution in [-0.4, -0.2) is 61.2 Å². The normalized spacial score (nSPS) is 27.7. The van der Waals surface area contributed by atoms with E-state index in [1.54, 1.807) is 0 Å². The van der Waals surface area contributed by atoms with Crippen molar-refractivity contribution in [1.82, 2.24) is 10.2 Å². The molecule has 0 saturated carbocycles. The van der Waals surface area contributed by atoms with Crippen molar-refractivity contribution in [2.45, 2.75) is 12.5 Å². The molecule has 0 aromatic heterocycles. The molecule has 15 heavy (non-hydrogen) atoms. The van der Waals surface area contributed by atoms with Crippen LogP contribution >= 0.6 is 11.8 Å². The van der Waals surface area contributed by atoms with Crippen molar-refractivity contribution >= 4 is 17.7 Å². The Balaban J connectivity index is 1.74. The number of nitrogens with one attached hydrogen (secondary N) is 1. The van der Waals surface area contributed by atoms with Crippen molar-refractivity contribution in [3.63, 3.8) is 0 Å². The maximum Gasteiger partial charge on any atom is 0.225 e. The Labute approximate surface area is 94.7 Å². The fraction of sp³-hybridized carbons (Fsp3) is 0.900. The van der Waals surface area contributed by atoms with E-state index >= 15 is 0 Å². The molecule has 0 aliphatic carbocycles. The van der Waals surface area contributed by atoms with Gasteiger partial charge in [-0.15, -0.1) is 0 Å². The number of ether oxygens (including phenoxy) is 1. The molecule has 2 fully saturated rings. The smallest absolute Gasteiger partial charge is 0.225 e. The summed E-state index contributed by atoms with van der Waals surface area (Å²) in [6.07, 6.45) is 0.623. The van der Waals surface area contributed by atoms with Gasteiger partial charge in [-0.2, -0.15) is 11.8 Å². The molecule has 1 unspecified atom stereocenters. The average molecular weight is 230 g/mol. The number of carbonyl (C=O) groups excluding carboxylic acids is 1. The highest BCUT2D eigenvalue weighted by molar-refractivity contribution is 7.99. The molecule has 0 spiro atoms. The van der Waals surface area contributed by atoms with E-state index < -0.39 is 0 Å².